The first-order valence-corrected chi connectivity index (χ1v) is 6.99. The fourth-order valence-corrected chi connectivity index (χ4v) is 2.35. The summed E-state index contributed by atoms with van der Waals surface area (Å²) in [7, 11) is 0. The molecule has 7 heteroatoms. The Morgan fingerprint density at radius 2 is 2.00 bits per heavy atom. The SMILES string of the molecule is N=C(NC(=O)OCc1ccc(O)cc1)c1ccc(CN)s1. The van der Waals surface area contributed by atoms with Crippen LogP contribution in [0.1, 0.15) is 15.3 Å². The summed E-state index contributed by atoms with van der Waals surface area (Å²) in [5.74, 6) is 0.133. The largest absolute Gasteiger partial charge is 0.508 e. The van der Waals surface area contributed by atoms with Gasteiger partial charge in [0.15, 0.2) is 0 Å². The van der Waals surface area contributed by atoms with Crippen molar-refractivity contribution in [2.75, 3.05) is 0 Å². The highest BCUT2D eigenvalue weighted by atomic mass is 32.1. The molecule has 2 rings (SSSR count). The van der Waals surface area contributed by atoms with Crippen molar-refractivity contribution in [2.45, 2.75) is 13.2 Å². The Morgan fingerprint density at radius 3 is 2.62 bits per heavy atom. The molecule has 1 heterocycles. The van der Waals surface area contributed by atoms with Gasteiger partial charge in [0, 0.05) is 11.4 Å². The van der Waals surface area contributed by atoms with Crippen molar-refractivity contribution < 1.29 is 14.6 Å². The van der Waals surface area contributed by atoms with E-state index in [9.17, 15) is 4.79 Å². The van der Waals surface area contributed by atoms with Gasteiger partial charge < -0.3 is 15.6 Å². The molecule has 0 saturated heterocycles. The van der Waals surface area contributed by atoms with E-state index in [0.717, 1.165) is 10.4 Å². The van der Waals surface area contributed by atoms with Crippen LogP contribution in [0.5, 0.6) is 5.75 Å². The van der Waals surface area contributed by atoms with Gasteiger partial charge in [0.1, 0.15) is 18.2 Å². The van der Waals surface area contributed by atoms with Gasteiger partial charge in [0.05, 0.1) is 4.88 Å². The number of rotatable bonds is 4. The lowest BCUT2D eigenvalue weighted by Crippen LogP contribution is -2.30. The van der Waals surface area contributed by atoms with Gasteiger partial charge in [-0.15, -0.1) is 11.3 Å². The molecule has 110 valence electrons. The van der Waals surface area contributed by atoms with Crippen LogP contribution in [0, 0.1) is 5.41 Å². The third kappa shape index (κ3) is 4.30. The minimum Gasteiger partial charge on any atom is -0.508 e. The monoisotopic (exact) mass is 305 g/mol. The van der Waals surface area contributed by atoms with E-state index < -0.39 is 6.09 Å². The molecule has 21 heavy (non-hydrogen) atoms. The van der Waals surface area contributed by atoms with Crippen LogP contribution in [-0.2, 0) is 17.9 Å². The molecule has 0 unspecified atom stereocenters. The lowest BCUT2D eigenvalue weighted by Gasteiger charge is -2.07. The predicted octanol–water partition coefficient (Wildman–Crippen LogP) is 2.16. The summed E-state index contributed by atoms with van der Waals surface area (Å²) in [4.78, 5) is 13.2. The first kappa shape index (κ1) is 15.0. The van der Waals surface area contributed by atoms with E-state index in [1.54, 1.807) is 18.2 Å². The summed E-state index contributed by atoms with van der Waals surface area (Å²) < 4.78 is 5.00. The molecule has 0 bridgehead atoms. The maximum absolute atomic E-state index is 11.6. The van der Waals surface area contributed by atoms with E-state index in [0.29, 0.717) is 11.4 Å². The van der Waals surface area contributed by atoms with Gasteiger partial charge in [-0.05, 0) is 29.8 Å². The van der Waals surface area contributed by atoms with E-state index in [-0.39, 0.29) is 18.2 Å². The number of carbonyl (C=O) groups is 1. The molecule has 5 N–H and O–H groups in total. The predicted molar refractivity (Wildman–Crippen MR) is 80.5 cm³/mol. The van der Waals surface area contributed by atoms with Crippen LogP contribution in [0.3, 0.4) is 0 Å². The molecule has 0 aliphatic carbocycles. The highest BCUT2D eigenvalue weighted by molar-refractivity contribution is 7.14. The zero-order valence-electron chi connectivity index (χ0n) is 11.1. The molecule has 0 atom stereocenters. The van der Waals surface area contributed by atoms with Crippen LogP contribution in [0.15, 0.2) is 36.4 Å². The van der Waals surface area contributed by atoms with Crippen molar-refractivity contribution in [3.63, 3.8) is 0 Å². The third-order valence-corrected chi connectivity index (χ3v) is 3.77. The number of hydrogen-bond acceptors (Lipinski definition) is 6. The number of alkyl carbamates (subject to hydrolysis) is 1. The Labute approximate surface area is 125 Å². The summed E-state index contributed by atoms with van der Waals surface area (Å²) in [6.07, 6.45) is -0.698. The van der Waals surface area contributed by atoms with Crippen molar-refractivity contribution >= 4 is 23.3 Å². The Kier molecular flexibility index (Phi) is 4.91. The van der Waals surface area contributed by atoms with E-state index in [1.807, 2.05) is 6.07 Å². The van der Waals surface area contributed by atoms with Gasteiger partial charge in [-0.2, -0.15) is 0 Å². The van der Waals surface area contributed by atoms with Crippen LogP contribution in [0.25, 0.3) is 0 Å². The Bertz CT molecular complexity index is 637. The number of hydrogen-bond donors (Lipinski definition) is 4. The summed E-state index contributed by atoms with van der Waals surface area (Å²) in [5.41, 5.74) is 6.24. The number of nitrogens with one attached hydrogen (secondary N) is 2. The molecule has 0 radical (unpaired) electrons. The summed E-state index contributed by atoms with van der Waals surface area (Å²) in [6.45, 7) is 0.473. The number of phenols is 1. The van der Waals surface area contributed by atoms with Crippen molar-refractivity contribution in [3.8, 4) is 5.75 Å². The van der Waals surface area contributed by atoms with E-state index in [2.05, 4.69) is 5.32 Å². The van der Waals surface area contributed by atoms with Crippen LogP contribution < -0.4 is 11.1 Å². The average molecular weight is 305 g/mol. The number of phenolic OH excluding ortho intramolecular Hbond substituents is 1. The molecule has 2 aromatic rings. The van der Waals surface area contributed by atoms with Crippen LogP contribution in [0.2, 0.25) is 0 Å². The normalized spacial score (nSPS) is 10.1. The van der Waals surface area contributed by atoms with Crippen LogP contribution >= 0.6 is 11.3 Å². The molecule has 0 aliphatic rings. The minimum atomic E-state index is -0.698. The number of amides is 1. The van der Waals surface area contributed by atoms with Gasteiger partial charge >= 0.3 is 6.09 Å². The van der Waals surface area contributed by atoms with Crippen molar-refractivity contribution in [1.29, 1.82) is 5.41 Å². The molecule has 0 spiro atoms. The maximum atomic E-state index is 11.6. The lowest BCUT2D eigenvalue weighted by atomic mass is 10.2. The van der Waals surface area contributed by atoms with E-state index in [1.165, 1.54) is 23.5 Å². The fraction of sp³-hybridized carbons (Fsp3) is 0.143. The summed E-state index contributed by atoms with van der Waals surface area (Å²) >= 11 is 1.35. The van der Waals surface area contributed by atoms with Crippen molar-refractivity contribution in [1.82, 2.24) is 5.32 Å². The fourth-order valence-electron chi connectivity index (χ4n) is 1.56. The number of carbonyl (C=O) groups excluding carboxylic acids is 1. The third-order valence-electron chi connectivity index (χ3n) is 2.64. The molecule has 0 aliphatic heterocycles. The maximum Gasteiger partial charge on any atom is 0.413 e. The Balaban J connectivity index is 1.83. The van der Waals surface area contributed by atoms with Gasteiger partial charge in [0.25, 0.3) is 0 Å². The van der Waals surface area contributed by atoms with Gasteiger partial charge in [-0.1, -0.05) is 12.1 Å². The average Bonchev–Trinajstić information content (AvgIpc) is 2.96. The Hall–Kier alpha value is -2.38. The number of thiophene rings is 1. The standard InChI is InChI=1S/C14H15N3O3S/c15-7-11-5-6-12(21-11)13(16)17-14(19)20-8-9-1-3-10(18)4-2-9/h1-6,18H,7-8,15H2,(H2,16,17,19). The first-order valence-electron chi connectivity index (χ1n) is 6.18. The Morgan fingerprint density at radius 1 is 1.29 bits per heavy atom. The van der Waals surface area contributed by atoms with E-state index in [4.69, 9.17) is 21.0 Å². The highest BCUT2D eigenvalue weighted by Gasteiger charge is 2.10. The second-order valence-corrected chi connectivity index (χ2v) is 5.38. The molecule has 1 aromatic heterocycles. The van der Waals surface area contributed by atoms with Gasteiger partial charge in [-0.25, -0.2) is 4.79 Å². The molecular formula is C14H15N3O3S. The lowest BCUT2D eigenvalue weighted by molar-refractivity contribution is 0.145. The quantitative estimate of drug-likeness (QED) is 0.512. The minimum absolute atomic E-state index is 0.0181. The second kappa shape index (κ2) is 6.87. The van der Waals surface area contributed by atoms with E-state index >= 15 is 0 Å². The topological polar surface area (TPSA) is 108 Å². The summed E-state index contributed by atoms with van der Waals surface area (Å²) in [6, 6.07) is 9.88. The van der Waals surface area contributed by atoms with Crippen LogP contribution in [-0.4, -0.2) is 17.0 Å². The molecule has 6 nitrogen and oxygen atoms in total. The first-order chi connectivity index (χ1) is 10.1. The zero-order valence-corrected chi connectivity index (χ0v) is 11.9. The molecule has 0 saturated carbocycles. The molecule has 1 aromatic carbocycles. The summed E-state index contributed by atoms with van der Waals surface area (Å²) in [5, 5.41) is 19.3. The number of nitrogens with two attached hydrogens (primary N) is 1. The number of benzene rings is 1. The number of aromatic hydroxyl groups is 1. The van der Waals surface area contributed by atoms with Crippen molar-refractivity contribution in [3.05, 3.63) is 51.7 Å². The van der Waals surface area contributed by atoms with Gasteiger partial charge in [0.2, 0.25) is 0 Å². The highest BCUT2D eigenvalue weighted by Crippen LogP contribution is 2.15. The number of ether oxygens (including phenoxy) is 1. The zero-order chi connectivity index (χ0) is 15.2. The van der Waals surface area contributed by atoms with Gasteiger partial charge in [-0.3, -0.25) is 10.7 Å². The molecule has 0 fully saturated rings. The second-order valence-electron chi connectivity index (χ2n) is 4.21. The smallest absolute Gasteiger partial charge is 0.413 e. The molecular weight excluding hydrogens is 290 g/mol. The van der Waals surface area contributed by atoms with Crippen molar-refractivity contribution in [2.24, 2.45) is 5.73 Å². The number of amidine groups is 1. The molecule has 1 amide bonds. The van der Waals surface area contributed by atoms with Crippen LogP contribution in [0.4, 0.5) is 4.79 Å².